The summed E-state index contributed by atoms with van der Waals surface area (Å²) < 4.78 is 73.1. The molecule has 0 radical (unpaired) electrons. The SMILES string of the molecule is CCOP(=O)(OCC)C(F)(F)/C=C/S(=O)(=O)c1ccccc1. The number of benzene rings is 1. The molecule has 0 aliphatic carbocycles. The van der Waals surface area contributed by atoms with Crippen molar-refractivity contribution in [1.29, 1.82) is 0 Å². The van der Waals surface area contributed by atoms with Crippen LogP contribution in [-0.4, -0.2) is 27.3 Å². The Balaban J connectivity index is 3.12. The zero-order valence-corrected chi connectivity index (χ0v) is 13.8. The summed E-state index contributed by atoms with van der Waals surface area (Å²) in [6.45, 7) is 2.25. The lowest BCUT2D eigenvalue weighted by atomic mass is 10.4. The quantitative estimate of drug-likeness (QED) is 0.664. The molecule has 0 aliphatic rings. The maximum absolute atomic E-state index is 14.0. The summed E-state index contributed by atoms with van der Waals surface area (Å²) in [7, 11) is -8.86. The summed E-state index contributed by atoms with van der Waals surface area (Å²) in [5.74, 6) is 0. The van der Waals surface area contributed by atoms with E-state index in [9.17, 15) is 21.8 Å². The zero-order valence-electron chi connectivity index (χ0n) is 12.1. The second kappa shape index (κ2) is 7.46. The van der Waals surface area contributed by atoms with Crippen molar-refractivity contribution >= 4 is 17.4 Å². The molecular formula is C13H17F2O5PS. The first-order valence-electron chi connectivity index (χ1n) is 6.45. The molecule has 0 heterocycles. The fourth-order valence-electron chi connectivity index (χ4n) is 1.50. The molecule has 1 aromatic rings. The Bertz CT molecular complexity index is 648. The summed E-state index contributed by atoms with van der Waals surface area (Å²) >= 11 is 0. The Hall–Kier alpha value is -1.08. The maximum Gasteiger partial charge on any atom is 0.403 e. The first-order valence-corrected chi connectivity index (χ1v) is 9.54. The Morgan fingerprint density at radius 2 is 1.64 bits per heavy atom. The van der Waals surface area contributed by atoms with E-state index in [-0.39, 0.29) is 24.2 Å². The number of halogens is 2. The molecule has 0 atom stereocenters. The van der Waals surface area contributed by atoms with E-state index in [0.29, 0.717) is 5.41 Å². The van der Waals surface area contributed by atoms with Gasteiger partial charge >= 0.3 is 13.3 Å². The Morgan fingerprint density at radius 1 is 1.14 bits per heavy atom. The molecule has 0 aliphatic heterocycles. The molecule has 22 heavy (non-hydrogen) atoms. The van der Waals surface area contributed by atoms with E-state index in [1.165, 1.54) is 38.1 Å². The minimum Gasteiger partial charge on any atom is -0.304 e. The third-order valence-electron chi connectivity index (χ3n) is 2.48. The van der Waals surface area contributed by atoms with E-state index < -0.39 is 23.1 Å². The fraction of sp³-hybridized carbons (Fsp3) is 0.385. The van der Waals surface area contributed by atoms with Crippen LogP contribution in [0.3, 0.4) is 0 Å². The van der Waals surface area contributed by atoms with Crippen LogP contribution in [0.5, 0.6) is 0 Å². The monoisotopic (exact) mass is 354 g/mol. The molecule has 9 heteroatoms. The molecule has 0 unspecified atom stereocenters. The smallest absolute Gasteiger partial charge is 0.304 e. The van der Waals surface area contributed by atoms with E-state index >= 15 is 0 Å². The average Bonchev–Trinajstić information content (AvgIpc) is 2.47. The molecule has 0 saturated heterocycles. The van der Waals surface area contributed by atoms with Crippen LogP contribution in [0.1, 0.15) is 13.8 Å². The van der Waals surface area contributed by atoms with E-state index in [4.69, 9.17) is 0 Å². The van der Waals surface area contributed by atoms with Gasteiger partial charge in [0.25, 0.3) is 0 Å². The van der Waals surface area contributed by atoms with Gasteiger partial charge in [-0.2, -0.15) is 8.78 Å². The predicted molar refractivity (Wildman–Crippen MR) is 78.6 cm³/mol. The standard InChI is InChI=1S/C13H17F2O5PS/c1-3-19-21(16,20-4-2)13(14,15)10-11-22(17,18)12-8-6-5-7-9-12/h5-11H,3-4H2,1-2H3/b11-10+. The van der Waals surface area contributed by atoms with Gasteiger partial charge in [-0.25, -0.2) is 8.42 Å². The Morgan fingerprint density at radius 3 is 2.09 bits per heavy atom. The van der Waals surface area contributed by atoms with Crippen LogP contribution in [-0.2, 0) is 23.4 Å². The molecule has 0 amide bonds. The summed E-state index contributed by atoms with van der Waals surface area (Å²) in [5, 5.41) is 0.313. The van der Waals surface area contributed by atoms with Crippen LogP contribution in [0, 0.1) is 0 Å². The van der Waals surface area contributed by atoms with E-state index in [1.807, 2.05) is 0 Å². The van der Waals surface area contributed by atoms with E-state index in [2.05, 4.69) is 9.05 Å². The lowest BCUT2D eigenvalue weighted by Crippen LogP contribution is -2.18. The van der Waals surface area contributed by atoms with Gasteiger partial charge in [0, 0.05) is 11.5 Å². The molecule has 5 nitrogen and oxygen atoms in total. The highest BCUT2D eigenvalue weighted by molar-refractivity contribution is 7.94. The molecule has 0 bridgehead atoms. The Labute approximate surface area is 128 Å². The minimum absolute atomic E-state index is 0.0431. The predicted octanol–water partition coefficient (Wildman–Crippen LogP) is 3.83. The van der Waals surface area contributed by atoms with Gasteiger partial charge in [-0.15, -0.1) is 0 Å². The molecule has 1 rings (SSSR count). The first-order chi connectivity index (χ1) is 10.2. The van der Waals surface area contributed by atoms with Crippen molar-refractivity contribution in [3.05, 3.63) is 41.8 Å². The van der Waals surface area contributed by atoms with Crippen LogP contribution in [0.15, 0.2) is 46.7 Å². The van der Waals surface area contributed by atoms with Crippen LogP contribution >= 0.6 is 7.60 Å². The largest absolute Gasteiger partial charge is 0.403 e. The van der Waals surface area contributed by atoms with Crippen molar-refractivity contribution < 1.29 is 30.8 Å². The molecule has 1 aromatic carbocycles. The lowest BCUT2D eigenvalue weighted by molar-refractivity contribution is 0.0794. The number of hydrogen-bond donors (Lipinski definition) is 0. The second-order valence-corrected chi connectivity index (χ2v) is 8.02. The number of alkyl halides is 2. The van der Waals surface area contributed by atoms with Crippen molar-refractivity contribution in [2.45, 2.75) is 24.4 Å². The van der Waals surface area contributed by atoms with Crippen LogP contribution in [0.25, 0.3) is 0 Å². The topological polar surface area (TPSA) is 69.7 Å². The number of sulfone groups is 1. The summed E-state index contributed by atoms with van der Waals surface area (Å²) in [4.78, 5) is -0.148. The van der Waals surface area contributed by atoms with Gasteiger partial charge in [0.1, 0.15) is 0 Å². The first kappa shape index (κ1) is 19.0. The highest BCUT2D eigenvalue weighted by Gasteiger charge is 2.51. The van der Waals surface area contributed by atoms with Crippen molar-refractivity contribution in [2.24, 2.45) is 0 Å². The van der Waals surface area contributed by atoms with Crippen LogP contribution in [0.2, 0.25) is 0 Å². The molecular weight excluding hydrogens is 337 g/mol. The highest BCUT2D eigenvalue weighted by Crippen LogP contribution is 2.62. The second-order valence-electron chi connectivity index (χ2n) is 4.08. The highest BCUT2D eigenvalue weighted by atomic mass is 32.2. The fourth-order valence-corrected chi connectivity index (χ4v) is 4.00. The van der Waals surface area contributed by atoms with Gasteiger partial charge < -0.3 is 9.05 Å². The molecule has 0 saturated carbocycles. The van der Waals surface area contributed by atoms with Crippen molar-refractivity contribution in [3.8, 4) is 0 Å². The third-order valence-corrected chi connectivity index (χ3v) is 5.98. The maximum atomic E-state index is 14.0. The zero-order chi connectivity index (χ0) is 16.9. The van der Waals surface area contributed by atoms with Crippen LogP contribution in [0.4, 0.5) is 8.78 Å². The minimum atomic E-state index is -4.78. The molecule has 0 aromatic heterocycles. The van der Waals surface area contributed by atoms with Crippen molar-refractivity contribution in [3.63, 3.8) is 0 Å². The number of hydrogen-bond acceptors (Lipinski definition) is 5. The number of allylic oxidation sites excluding steroid dienone is 1. The summed E-state index contributed by atoms with van der Waals surface area (Å²) in [6, 6.07) is 7.05. The molecule has 0 fully saturated rings. The normalized spacial score (nSPS) is 13.6. The summed E-state index contributed by atoms with van der Waals surface area (Å²) in [5.41, 5.74) is -4.05. The van der Waals surface area contributed by atoms with Crippen LogP contribution < -0.4 is 0 Å². The lowest BCUT2D eigenvalue weighted by Gasteiger charge is -2.23. The van der Waals surface area contributed by atoms with Gasteiger partial charge in [-0.3, -0.25) is 4.57 Å². The summed E-state index contributed by atoms with van der Waals surface area (Å²) in [6.07, 6.45) is 0.0431. The third kappa shape index (κ3) is 4.46. The van der Waals surface area contributed by atoms with E-state index in [1.54, 1.807) is 6.07 Å². The van der Waals surface area contributed by atoms with Gasteiger partial charge in [0.15, 0.2) is 9.84 Å². The Kier molecular flexibility index (Phi) is 6.43. The molecule has 0 spiro atoms. The average molecular weight is 354 g/mol. The van der Waals surface area contributed by atoms with Gasteiger partial charge in [-0.1, -0.05) is 18.2 Å². The van der Waals surface area contributed by atoms with Crippen molar-refractivity contribution in [1.82, 2.24) is 0 Å². The van der Waals surface area contributed by atoms with E-state index in [0.717, 1.165) is 0 Å². The van der Waals surface area contributed by atoms with Gasteiger partial charge in [0.05, 0.1) is 18.1 Å². The molecule has 0 N–H and O–H groups in total. The molecule has 124 valence electrons. The van der Waals surface area contributed by atoms with Crippen molar-refractivity contribution in [2.75, 3.05) is 13.2 Å². The number of rotatable bonds is 8. The van der Waals surface area contributed by atoms with Gasteiger partial charge in [0.2, 0.25) is 0 Å². The van der Waals surface area contributed by atoms with Gasteiger partial charge in [-0.05, 0) is 26.0 Å².